The highest BCUT2D eigenvalue weighted by Gasteiger charge is 2.24. The number of benzene rings is 2. The minimum atomic E-state index is -0.988. The lowest BCUT2D eigenvalue weighted by molar-refractivity contribution is -0.385. The summed E-state index contributed by atoms with van der Waals surface area (Å²) in [6.45, 7) is 0.212. The van der Waals surface area contributed by atoms with E-state index < -0.39 is 29.1 Å². The first kappa shape index (κ1) is 20.6. The molecule has 30 heavy (non-hydrogen) atoms. The Morgan fingerprint density at radius 1 is 1.17 bits per heavy atom. The van der Waals surface area contributed by atoms with Crippen molar-refractivity contribution in [2.45, 2.75) is 6.42 Å². The Balaban J connectivity index is 1.74. The van der Waals surface area contributed by atoms with Gasteiger partial charge in [-0.25, -0.2) is 4.79 Å². The first-order valence-electron chi connectivity index (χ1n) is 8.98. The largest absolute Gasteiger partial charge is 0.486 e. The summed E-state index contributed by atoms with van der Waals surface area (Å²) in [4.78, 5) is 36.6. The number of ether oxygens (including phenoxy) is 3. The van der Waals surface area contributed by atoms with Gasteiger partial charge in [-0.15, -0.1) is 0 Å². The van der Waals surface area contributed by atoms with Crippen LogP contribution in [0.25, 0.3) is 0 Å². The maximum Gasteiger partial charge on any atom is 0.345 e. The quantitative estimate of drug-likeness (QED) is 0.386. The fourth-order valence-corrected chi connectivity index (χ4v) is 2.85. The Morgan fingerprint density at radius 2 is 1.90 bits per heavy atom. The average molecular weight is 411 g/mol. The molecule has 1 aliphatic heterocycles. The van der Waals surface area contributed by atoms with Crippen LogP contribution in [0.4, 0.5) is 11.4 Å². The number of carbonyl (C=O) groups excluding carboxylic acids is 2. The Kier molecular flexibility index (Phi) is 6.44. The predicted octanol–water partition coefficient (Wildman–Crippen LogP) is 2.47. The number of hydrogen-bond acceptors (Lipinski definition) is 8. The number of para-hydroxylation sites is 1. The Hall–Kier alpha value is -4.13. The molecule has 0 aromatic heterocycles. The van der Waals surface area contributed by atoms with Crippen molar-refractivity contribution in [3.63, 3.8) is 0 Å². The minimum Gasteiger partial charge on any atom is -0.486 e. The lowest BCUT2D eigenvalue weighted by Crippen LogP contribution is -2.35. The predicted molar refractivity (Wildman–Crippen MR) is 103 cm³/mol. The molecule has 1 aliphatic rings. The van der Waals surface area contributed by atoms with Crippen molar-refractivity contribution in [1.82, 2.24) is 0 Å². The van der Waals surface area contributed by atoms with Gasteiger partial charge in [-0.3, -0.25) is 14.9 Å². The van der Waals surface area contributed by atoms with Crippen molar-refractivity contribution < 1.29 is 28.7 Å². The molecule has 1 heterocycles. The van der Waals surface area contributed by atoms with Crippen LogP contribution in [-0.2, 0) is 9.53 Å². The summed E-state index contributed by atoms with van der Waals surface area (Å²) in [7, 11) is 0. The number of hydrogen-bond donors (Lipinski definition) is 0. The van der Waals surface area contributed by atoms with E-state index in [1.54, 1.807) is 18.2 Å². The van der Waals surface area contributed by atoms with Gasteiger partial charge in [-0.2, -0.15) is 5.26 Å². The maximum absolute atomic E-state index is 12.7. The van der Waals surface area contributed by atoms with Crippen molar-refractivity contribution in [2.75, 3.05) is 31.3 Å². The molecule has 1 amide bonds. The SMILES string of the molecule is N#CCCN(C(=O)COC(=O)c1ccccc1[N+](=O)[O-])c1ccc2c(c1)OCCO2. The van der Waals surface area contributed by atoms with E-state index in [0.29, 0.717) is 30.4 Å². The summed E-state index contributed by atoms with van der Waals surface area (Å²) < 4.78 is 16.0. The van der Waals surface area contributed by atoms with E-state index in [4.69, 9.17) is 19.5 Å². The van der Waals surface area contributed by atoms with E-state index in [0.717, 1.165) is 0 Å². The highest BCUT2D eigenvalue weighted by atomic mass is 16.6. The van der Waals surface area contributed by atoms with Crippen LogP contribution >= 0.6 is 0 Å². The fourth-order valence-electron chi connectivity index (χ4n) is 2.85. The number of nitro groups is 1. The maximum atomic E-state index is 12.7. The molecule has 0 bridgehead atoms. The number of nitrogens with zero attached hydrogens (tertiary/aromatic N) is 3. The number of rotatable bonds is 7. The third-order valence-electron chi connectivity index (χ3n) is 4.23. The van der Waals surface area contributed by atoms with Gasteiger partial charge in [0.25, 0.3) is 11.6 Å². The van der Waals surface area contributed by atoms with Crippen LogP contribution in [0.3, 0.4) is 0 Å². The zero-order valence-electron chi connectivity index (χ0n) is 15.8. The molecule has 0 saturated heterocycles. The molecule has 10 heteroatoms. The Labute approximate surface area is 171 Å². The standard InChI is InChI=1S/C20H17N3O7/c21-8-3-9-22(14-6-7-17-18(12-14)29-11-10-28-17)19(24)13-30-20(25)15-4-1-2-5-16(15)23(26)27/h1-2,4-7,12H,3,9-11,13H2. The number of fused-ring (bicyclic) bond motifs is 1. The van der Waals surface area contributed by atoms with Crippen molar-refractivity contribution in [2.24, 2.45) is 0 Å². The van der Waals surface area contributed by atoms with Crippen LogP contribution in [0, 0.1) is 21.4 Å². The number of nitriles is 1. The van der Waals surface area contributed by atoms with Crippen LogP contribution in [0.15, 0.2) is 42.5 Å². The van der Waals surface area contributed by atoms with Gasteiger partial charge in [-0.05, 0) is 18.2 Å². The van der Waals surface area contributed by atoms with E-state index in [1.807, 2.05) is 6.07 Å². The lowest BCUT2D eigenvalue weighted by atomic mass is 10.2. The highest BCUT2D eigenvalue weighted by Crippen LogP contribution is 2.34. The Bertz CT molecular complexity index is 1020. The normalized spacial score (nSPS) is 11.8. The van der Waals surface area contributed by atoms with E-state index >= 15 is 0 Å². The second-order valence-electron chi connectivity index (χ2n) is 6.13. The number of nitro benzene ring substituents is 1. The molecule has 154 valence electrons. The van der Waals surface area contributed by atoms with Gasteiger partial charge in [-0.1, -0.05) is 12.1 Å². The summed E-state index contributed by atoms with van der Waals surface area (Å²) in [6, 6.07) is 12.2. The van der Waals surface area contributed by atoms with Crippen LogP contribution in [0.2, 0.25) is 0 Å². The topological polar surface area (TPSA) is 132 Å². The van der Waals surface area contributed by atoms with Gasteiger partial charge in [0.15, 0.2) is 18.1 Å². The zero-order valence-corrected chi connectivity index (χ0v) is 15.8. The van der Waals surface area contributed by atoms with Gasteiger partial charge < -0.3 is 19.1 Å². The van der Waals surface area contributed by atoms with Gasteiger partial charge in [0.05, 0.1) is 17.4 Å². The second-order valence-corrected chi connectivity index (χ2v) is 6.13. The monoisotopic (exact) mass is 411 g/mol. The number of carbonyl (C=O) groups is 2. The van der Waals surface area contributed by atoms with E-state index in [2.05, 4.69) is 0 Å². The fraction of sp³-hybridized carbons (Fsp3) is 0.250. The summed E-state index contributed by atoms with van der Waals surface area (Å²) in [5.41, 5.74) is -0.220. The molecule has 0 radical (unpaired) electrons. The smallest absolute Gasteiger partial charge is 0.345 e. The van der Waals surface area contributed by atoms with Crippen molar-refractivity contribution in [3.05, 3.63) is 58.1 Å². The van der Waals surface area contributed by atoms with Gasteiger partial charge >= 0.3 is 5.97 Å². The molecule has 0 spiro atoms. The number of anilines is 1. The molecular formula is C20H17N3O7. The molecule has 0 saturated carbocycles. The highest BCUT2D eigenvalue weighted by molar-refractivity contribution is 5.98. The van der Waals surface area contributed by atoms with Crippen LogP contribution < -0.4 is 14.4 Å². The molecule has 2 aromatic carbocycles. The zero-order chi connectivity index (χ0) is 21.5. The Morgan fingerprint density at radius 3 is 2.63 bits per heavy atom. The van der Waals surface area contributed by atoms with Crippen molar-refractivity contribution >= 4 is 23.3 Å². The van der Waals surface area contributed by atoms with E-state index in [9.17, 15) is 19.7 Å². The van der Waals surface area contributed by atoms with E-state index in [1.165, 1.54) is 29.2 Å². The molecule has 2 aromatic rings. The van der Waals surface area contributed by atoms with Gasteiger partial charge in [0.1, 0.15) is 18.8 Å². The van der Waals surface area contributed by atoms with Crippen molar-refractivity contribution in [1.29, 1.82) is 5.26 Å². The summed E-state index contributed by atoms with van der Waals surface area (Å²) >= 11 is 0. The molecule has 3 rings (SSSR count). The molecular weight excluding hydrogens is 394 g/mol. The number of amides is 1. The second kappa shape index (κ2) is 9.38. The van der Waals surface area contributed by atoms with Crippen molar-refractivity contribution in [3.8, 4) is 17.6 Å². The summed E-state index contributed by atoms with van der Waals surface area (Å²) in [6.07, 6.45) is 0.0539. The molecule has 0 fully saturated rings. The average Bonchev–Trinajstić information content (AvgIpc) is 2.77. The summed E-state index contributed by atoms with van der Waals surface area (Å²) in [5, 5.41) is 20.0. The van der Waals surface area contributed by atoms with Crippen LogP contribution in [-0.4, -0.2) is 43.2 Å². The number of esters is 1. The molecule has 10 nitrogen and oxygen atoms in total. The van der Waals surface area contributed by atoms with E-state index in [-0.39, 0.29) is 18.5 Å². The van der Waals surface area contributed by atoms with Crippen LogP contribution in [0.5, 0.6) is 11.5 Å². The molecule has 0 N–H and O–H groups in total. The minimum absolute atomic E-state index is 0.0539. The third-order valence-corrected chi connectivity index (χ3v) is 4.23. The first-order valence-corrected chi connectivity index (χ1v) is 8.98. The summed E-state index contributed by atoms with van der Waals surface area (Å²) in [5.74, 6) is -0.571. The molecule has 0 aliphatic carbocycles. The first-order chi connectivity index (χ1) is 14.5. The van der Waals surface area contributed by atoms with Gasteiger partial charge in [0, 0.05) is 24.4 Å². The molecule has 0 atom stereocenters. The third kappa shape index (κ3) is 4.64. The lowest BCUT2D eigenvalue weighted by Gasteiger charge is -2.24. The van der Waals surface area contributed by atoms with Crippen LogP contribution in [0.1, 0.15) is 16.8 Å². The molecule has 0 unspecified atom stereocenters. The van der Waals surface area contributed by atoms with Gasteiger partial charge in [0.2, 0.25) is 0 Å².